The van der Waals surface area contributed by atoms with Crippen LogP contribution in [0.3, 0.4) is 0 Å². The smallest absolute Gasteiger partial charge is 0.291 e. The van der Waals surface area contributed by atoms with Crippen LogP contribution in [0.4, 0.5) is 0 Å². The molecule has 0 unspecified atom stereocenters. The van der Waals surface area contributed by atoms with Crippen molar-refractivity contribution in [3.8, 4) is 0 Å². The van der Waals surface area contributed by atoms with Crippen LogP contribution in [0, 0.1) is 10.1 Å². The molecule has 0 aliphatic carbocycles. The van der Waals surface area contributed by atoms with Gasteiger partial charge in [0.15, 0.2) is 0 Å². The summed E-state index contributed by atoms with van der Waals surface area (Å²) >= 11 is 0. The summed E-state index contributed by atoms with van der Waals surface area (Å²) in [7, 11) is 0. The molecule has 0 saturated carbocycles. The van der Waals surface area contributed by atoms with Crippen molar-refractivity contribution in [2.24, 2.45) is 0 Å². The summed E-state index contributed by atoms with van der Waals surface area (Å²) in [5.41, 5.74) is 0. The summed E-state index contributed by atoms with van der Waals surface area (Å²) in [6.07, 6.45) is 0. The molecule has 11 heavy (non-hydrogen) atoms. The van der Waals surface area contributed by atoms with Crippen molar-refractivity contribution in [2.45, 2.75) is 0 Å². The van der Waals surface area contributed by atoms with Gasteiger partial charge in [0, 0.05) is 19.5 Å². The predicted octanol–water partition coefficient (Wildman–Crippen LogP) is 0.622. The first kappa shape index (κ1) is 146. The Kier molecular flexibility index (Phi) is 1400. The molecule has 0 atom stereocenters. The molecule has 0 bridgehead atoms. The molecule has 0 saturated heterocycles. The van der Waals surface area contributed by atoms with Crippen LogP contribution in [0.15, 0.2) is 0 Å². The van der Waals surface area contributed by atoms with E-state index in [2.05, 4.69) is 0 Å². The molecular weight excluding hydrogens is 247 g/mol. The Morgan fingerprint density at radius 2 is 0.909 bits per heavy atom. The van der Waals surface area contributed by atoms with Gasteiger partial charge in [-0.3, -0.25) is 0 Å². The number of nitrogens with zero attached hydrogens (tertiary/aromatic N) is 1. The molecule has 0 aromatic carbocycles. The molecule has 80 valence electrons. The molecular formula is H19N7O3Ru. The second-order valence-corrected chi connectivity index (χ2v) is 0.238. The largest absolute Gasteiger partial charge is 0.344 e. The summed E-state index contributed by atoms with van der Waals surface area (Å²) in [5.74, 6) is 0. The third kappa shape index (κ3) is 3180. The quantitative estimate of drug-likeness (QED) is 0.183. The van der Waals surface area contributed by atoms with Crippen molar-refractivity contribution in [3.63, 3.8) is 0 Å². The van der Waals surface area contributed by atoms with Gasteiger partial charge in [0.05, 0.1) is 0 Å². The first-order valence-corrected chi connectivity index (χ1v) is 0.565. The minimum Gasteiger partial charge on any atom is -0.344 e. The fraction of sp³-hybridized carbons (Fsp3) is 0. The average molecular weight is 266 g/mol. The average Bonchev–Trinajstić information content (AvgIpc) is 0.811. The Morgan fingerprint density at radius 1 is 0.909 bits per heavy atom. The van der Waals surface area contributed by atoms with Gasteiger partial charge >= 0.3 is 0 Å². The molecule has 19 N–H and O–H groups in total. The SMILES string of the molecule is N.N.N.N.N.N.O=[N+]([O-])O.[Ru]. The van der Waals surface area contributed by atoms with E-state index in [0.29, 0.717) is 0 Å². The van der Waals surface area contributed by atoms with Crippen molar-refractivity contribution in [3.05, 3.63) is 10.1 Å². The van der Waals surface area contributed by atoms with E-state index in [4.69, 9.17) is 15.3 Å². The molecule has 0 radical (unpaired) electrons. The van der Waals surface area contributed by atoms with Crippen LogP contribution in [0.25, 0.3) is 0 Å². The molecule has 0 amide bonds. The number of hydrogen-bond donors (Lipinski definition) is 7. The first-order valence-electron chi connectivity index (χ1n) is 0.565. The number of rotatable bonds is 0. The van der Waals surface area contributed by atoms with Crippen LogP contribution in [0.1, 0.15) is 0 Å². The van der Waals surface area contributed by atoms with Crippen LogP contribution in [0.5, 0.6) is 0 Å². The van der Waals surface area contributed by atoms with Gasteiger partial charge in [-0.1, -0.05) is 0 Å². The Labute approximate surface area is 77.5 Å². The molecule has 0 aliphatic heterocycles. The fourth-order valence-electron chi connectivity index (χ4n) is 0. The van der Waals surface area contributed by atoms with Gasteiger partial charge in [0.2, 0.25) is 0 Å². The second kappa shape index (κ2) is 106. The monoisotopic (exact) mass is 267 g/mol. The molecule has 11 heteroatoms. The number of hydrogen-bond acceptors (Lipinski definition) is 8. The van der Waals surface area contributed by atoms with Gasteiger partial charge in [-0.2, -0.15) is 0 Å². The Bertz CT molecular complexity index is 36.7. The minimum absolute atomic E-state index is 0. The van der Waals surface area contributed by atoms with E-state index in [1.54, 1.807) is 0 Å². The van der Waals surface area contributed by atoms with Gasteiger partial charge in [-0.25, -0.2) is 0 Å². The van der Waals surface area contributed by atoms with Gasteiger partial charge < -0.3 is 42.1 Å². The second-order valence-electron chi connectivity index (χ2n) is 0.238. The van der Waals surface area contributed by atoms with Crippen LogP contribution >= 0.6 is 0 Å². The molecule has 0 aliphatic rings. The van der Waals surface area contributed by atoms with Crippen LogP contribution < -0.4 is 36.9 Å². The minimum atomic E-state index is -1.50. The van der Waals surface area contributed by atoms with Gasteiger partial charge in [-0.05, 0) is 0 Å². The molecule has 0 spiro atoms. The third-order valence-electron chi connectivity index (χ3n) is 0. The van der Waals surface area contributed by atoms with E-state index in [0.717, 1.165) is 0 Å². The van der Waals surface area contributed by atoms with E-state index >= 15 is 0 Å². The van der Waals surface area contributed by atoms with Crippen LogP contribution in [0.2, 0.25) is 0 Å². The van der Waals surface area contributed by atoms with Crippen molar-refractivity contribution in [1.29, 1.82) is 0 Å². The maximum atomic E-state index is 8.36. The van der Waals surface area contributed by atoms with Gasteiger partial charge in [-0.15, -0.1) is 10.1 Å². The molecule has 0 aromatic rings. The standard InChI is InChI=1S/HNO3.6H3N.Ru/c2-1(3)4;;;;;;;/h(H,2,3,4);6*1H3;. The van der Waals surface area contributed by atoms with E-state index in [-0.39, 0.29) is 56.4 Å². The topological polar surface area (TPSA) is 273 Å². The zero-order valence-corrected chi connectivity index (χ0v) is 8.05. The van der Waals surface area contributed by atoms with Crippen molar-refractivity contribution in [2.75, 3.05) is 0 Å². The van der Waals surface area contributed by atoms with Crippen molar-refractivity contribution in [1.82, 2.24) is 36.9 Å². The molecule has 0 heterocycles. The summed E-state index contributed by atoms with van der Waals surface area (Å²) in [6.45, 7) is 0. The summed E-state index contributed by atoms with van der Waals surface area (Å²) < 4.78 is 0. The maximum absolute atomic E-state index is 8.36. The molecule has 0 aromatic heterocycles. The van der Waals surface area contributed by atoms with E-state index in [1.165, 1.54) is 0 Å². The fourth-order valence-corrected chi connectivity index (χ4v) is 0. The van der Waals surface area contributed by atoms with Crippen molar-refractivity contribution >= 4 is 0 Å². The van der Waals surface area contributed by atoms with Crippen LogP contribution in [-0.4, -0.2) is 10.3 Å². The van der Waals surface area contributed by atoms with E-state index in [9.17, 15) is 0 Å². The summed E-state index contributed by atoms with van der Waals surface area (Å²) in [4.78, 5) is 8.36. The maximum Gasteiger partial charge on any atom is 0.291 e. The Hall–Kier alpha value is -0.417. The Balaban J connectivity index is -0.00000000214. The molecule has 0 rings (SSSR count). The normalized spacial score (nSPS) is 2.18. The van der Waals surface area contributed by atoms with Crippen molar-refractivity contribution < 1.29 is 29.8 Å². The third-order valence-corrected chi connectivity index (χ3v) is 0. The van der Waals surface area contributed by atoms with E-state index < -0.39 is 5.09 Å². The molecule has 10 nitrogen and oxygen atoms in total. The first-order chi connectivity index (χ1) is 1.73. The zero-order valence-electron chi connectivity index (χ0n) is 6.31. The van der Waals surface area contributed by atoms with Gasteiger partial charge in [0.1, 0.15) is 0 Å². The summed E-state index contributed by atoms with van der Waals surface area (Å²) in [6, 6.07) is 0. The zero-order chi connectivity index (χ0) is 3.58. The van der Waals surface area contributed by atoms with Crippen LogP contribution in [-0.2, 0) is 19.5 Å². The van der Waals surface area contributed by atoms with Gasteiger partial charge in [0.25, 0.3) is 5.09 Å². The Morgan fingerprint density at radius 3 is 0.909 bits per heavy atom. The summed E-state index contributed by atoms with van der Waals surface area (Å²) in [5, 5.41) is 13.6. The molecule has 0 fully saturated rings. The van der Waals surface area contributed by atoms with E-state index in [1.807, 2.05) is 0 Å². The predicted molar refractivity (Wildman–Crippen MR) is 38.9 cm³/mol.